The maximum absolute atomic E-state index is 12.7. The Bertz CT molecular complexity index is 820. The lowest BCUT2D eigenvalue weighted by Gasteiger charge is -2.48. The lowest BCUT2D eigenvalue weighted by atomic mass is 9.79. The van der Waals surface area contributed by atoms with Crippen LogP contribution in [0.2, 0.25) is 0 Å². The number of urea groups is 1. The summed E-state index contributed by atoms with van der Waals surface area (Å²) >= 11 is 1.65. The van der Waals surface area contributed by atoms with Gasteiger partial charge in [-0.15, -0.1) is 10.2 Å². The van der Waals surface area contributed by atoms with Crippen molar-refractivity contribution in [2.75, 3.05) is 25.0 Å². The number of nitrogens with one attached hydrogen (secondary N) is 1. The second kappa shape index (κ2) is 7.52. The highest BCUT2D eigenvalue weighted by Crippen LogP contribution is 2.38. The molecule has 144 valence electrons. The molecule has 1 saturated heterocycles. The molecule has 8 heteroatoms. The van der Waals surface area contributed by atoms with E-state index in [1.807, 2.05) is 34.7 Å². The van der Waals surface area contributed by atoms with E-state index in [0.717, 1.165) is 29.2 Å². The monoisotopic (exact) mass is 387 g/mol. The minimum Gasteiger partial charge on any atom is -0.371 e. The molecule has 1 saturated carbocycles. The number of aryl methyl sites for hydroxylation is 1. The molecule has 1 aliphatic heterocycles. The first kappa shape index (κ1) is 18.3. The largest absolute Gasteiger partial charge is 0.371 e. The molecular formula is C19H25N5O2S. The fourth-order valence-corrected chi connectivity index (χ4v) is 4.48. The van der Waals surface area contributed by atoms with Gasteiger partial charge in [-0.05, 0) is 43.9 Å². The smallest absolute Gasteiger partial charge is 0.322 e. The van der Waals surface area contributed by atoms with Gasteiger partial charge in [-0.25, -0.2) is 4.79 Å². The molecule has 0 bridgehead atoms. The van der Waals surface area contributed by atoms with Crippen molar-refractivity contribution in [3.8, 4) is 0 Å². The average molecular weight is 388 g/mol. The third-order valence-corrected chi connectivity index (χ3v) is 6.57. The van der Waals surface area contributed by atoms with Crippen molar-refractivity contribution < 1.29 is 9.53 Å². The number of morpholine rings is 1. The van der Waals surface area contributed by atoms with Crippen LogP contribution in [0.3, 0.4) is 0 Å². The second-order valence-electron chi connectivity index (χ2n) is 7.35. The fourth-order valence-electron chi connectivity index (χ4n) is 3.57. The van der Waals surface area contributed by atoms with Crippen molar-refractivity contribution in [3.63, 3.8) is 0 Å². The van der Waals surface area contributed by atoms with Gasteiger partial charge in [0.2, 0.25) is 0 Å². The number of carbonyl (C=O) groups is 1. The molecule has 4 rings (SSSR count). The average Bonchev–Trinajstić information content (AvgIpc) is 3.05. The molecule has 1 spiro atoms. The van der Waals surface area contributed by atoms with Gasteiger partial charge in [0.25, 0.3) is 0 Å². The Labute approximate surface area is 163 Å². The van der Waals surface area contributed by atoms with Crippen molar-refractivity contribution in [2.24, 2.45) is 7.05 Å². The van der Waals surface area contributed by atoms with Crippen LogP contribution in [0, 0.1) is 0 Å². The quantitative estimate of drug-likeness (QED) is 0.814. The zero-order valence-corrected chi connectivity index (χ0v) is 16.5. The Hall–Kier alpha value is -2.06. The van der Waals surface area contributed by atoms with Gasteiger partial charge >= 0.3 is 6.03 Å². The Kier molecular flexibility index (Phi) is 5.10. The van der Waals surface area contributed by atoms with Gasteiger partial charge in [-0.1, -0.05) is 23.9 Å². The number of ether oxygens (including phenoxy) is 1. The van der Waals surface area contributed by atoms with E-state index >= 15 is 0 Å². The summed E-state index contributed by atoms with van der Waals surface area (Å²) in [5.41, 5.74) is 1.87. The Morgan fingerprint density at radius 1 is 1.41 bits per heavy atom. The van der Waals surface area contributed by atoms with Crippen LogP contribution in [0.4, 0.5) is 10.5 Å². The molecule has 2 fully saturated rings. The first-order chi connectivity index (χ1) is 13.0. The van der Waals surface area contributed by atoms with E-state index < -0.39 is 0 Å². The van der Waals surface area contributed by atoms with E-state index in [1.165, 1.54) is 6.42 Å². The Morgan fingerprint density at radius 2 is 2.26 bits per heavy atom. The molecule has 1 aliphatic carbocycles. The second-order valence-corrected chi connectivity index (χ2v) is 8.65. The van der Waals surface area contributed by atoms with Gasteiger partial charge in [0.1, 0.15) is 6.33 Å². The Balaban J connectivity index is 1.40. The van der Waals surface area contributed by atoms with Crippen molar-refractivity contribution >= 4 is 23.5 Å². The van der Waals surface area contributed by atoms with E-state index in [9.17, 15) is 4.79 Å². The van der Waals surface area contributed by atoms with Crippen LogP contribution >= 0.6 is 11.8 Å². The lowest BCUT2D eigenvalue weighted by molar-refractivity contribution is -0.140. The van der Waals surface area contributed by atoms with Crippen molar-refractivity contribution in [3.05, 3.63) is 36.2 Å². The molecule has 2 heterocycles. The summed E-state index contributed by atoms with van der Waals surface area (Å²) < 4.78 is 7.81. The summed E-state index contributed by atoms with van der Waals surface area (Å²) in [5.74, 6) is 0. The van der Waals surface area contributed by atoms with Crippen molar-refractivity contribution in [1.29, 1.82) is 0 Å². The molecule has 2 aliphatic rings. The molecule has 27 heavy (non-hydrogen) atoms. The molecule has 1 aromatic carbocycles. The molecule has 1 unspecified atom stereocenters. The molecule has 1 atom stereocenters. The standard InChI is InChI=1S/C19H25N5O2S/c1-14(27-18-22-20-13-23(18)2)15-5-3-6-16(11-15)21-17(25)24-9-10-26-19(12-24)7-4-8-19/h3,5-6,11,13-14H,4,7-10,12H2,1-2H3,(H,21,25). The highest BCUT2D eigenvalue weighted by atomic mass is 32.2. The first-order valence-electron chi connectivity index (χ1n) is 9.35. The van der Waals surface area contributed by atoms with Crippen LogP contribution in [0.25, 0.3) is 0 Å². The van der Waals surface area contributed by atoms with Crippen LogP contribution in [-0.4, -0.2) is 51.0 Å². The van der Waals surface area contributed by atoms with Gasteiger partial charge < -0.3 is 19.5 Å². The number of anilines is 1. The number of amides is 2. The van der Waals surface area contributed by atoms with Crippen LogP contribution in [0.15, 0.2) is 35.7 Å². The molecule has 1 N–H and O–H groups in total. The van der Waals surface area contributed by atoms with E-state index in [0.29, 0.717) is 19.7 Å². The van der Waals surface area contributed by atoms with Gasteiger partial charge in [0.15, 0.2) is 5.16 Å². The molecule has 0 radical (unpaired) electrons. The van der Waals surface area contributed by atoms with E-state index in [1.54, 1.807) is 18.1 Å². The number of nitrogens with zero attached hydrogens (tertiary/aromatic N) is 4. The Morgan fingerprint density at radius 3 is 2.96 bits per heavy atom. The molecule has 2 aromatic rings. The summed E-state index contributed by atoms with van der Waals surface area (Å²) in [7, 11) is 1.93. The van der Waals surface area contributed by atoms with Gasteiger partial charge in [-0.3, -0.25) is 0 Å². The normalized spacial score (nSPS) is 19.6. The van der Waals surface area contributed by atoms with E-state index in [2.05, 4.69) is 28.5 Å². The highest BCUT2D eigenvalue weighted by Gasteiger charge is 2.43. The molecule has 7 nitrogen and oxygen atoms in total. The zero-order valence-electron chi connectivity index (χ0n) is 15.7. The number of carbonyl (C=O) groups excluding carboxylic acids is 1. The van der Waals surface area contributed by atoms with Gasteiger partial charge in [0, 0.05) is 24.5 Å². The topological polar surface area (TPSA) is 72.3 Å². The first-order valence-corrected chi connectivity index (χ1v) is 10.2. The minimum absolute atomic E-state index is 0.0460. The van der Waals surface area contributed by atoms with Crippen LogP contribution in [0.1, 0.15) is 37.0 Å². The molecule has 1 aromatic heterocycles. The third-order valence-electron chi connectivity index (χ3n) is 5.36. The number of rotatable bonds is 4. The van der Waals surface area contributed by atoms with Gasteiger partial charge in [0.05, 0.1) is 18.8 Å². The number of hydrogen-bond acceptors (Lipinski definition) is 5. The number of hydrogen-bond donors (Lipinski definition) is 1. The molecule has 2 amide bonds. The highest BCUT2D eigenvalue weighted by molar-refractivity contribution is 7.99. The summed E-state index contributed by atoms with van der Waals surface area (Å²) in [6, 6.07) is 7.97. The minimum atomic E-state index is -0.0846. The predicted octanol–water partition coefficient (Wildman–Crippen LogP) is 3.46. The van der Waals surface area contributed by atoms with Gasteiger partial charge in [-0.2, -0.15) is 0 Å². The SMILES string of the molecule is CC(Sc1nncn1C)c1cccc(NC(=O)N2CCOC3(CCC3)C2)c1. The van der Waals surface area contributed by atoms with E-state index in [-0.39, 0.29) is 16.9 Å². The number of aromatic nitrogens is 3. The maximum atomic E-state index is 12.7. The van der Waals surface area contributed by atoms with Crippen LogP contribution in [0.5, 0.6) is 0 Å². The number of benzene rings is 1. The maximum Gasteiger partial charge on any atom is 0.322 e. The van der Waals surface area contributed by atoms with Crippen molar-refractivity contribution in [2.45, 2.75) is 42.2 Å². The zero-order chi connectivity index (χ0) is 18.9. The summed E-state index contributed by atoms with van der Waals surface area (Å²) in [6.45, 7) is 4.09. The predicted molar refractivity (Wildman–Crippen MR) is 105 cm³/mol. The fraction of sp³-hybridized carbons (Fsp3) is 0.526. The van der Waals surface area contributed by atoms with E-state index in [4.69, 9.17) is 4.74 Å². The third kappa shape index (κ3) is 3.96. The summed E-state index contributed by atoms with van der Waals surface area (Å²) in [6.07, 6.45) is 5.01. The van der Waals surface area contributed by atoms with Crippen LogP contribution < -0.4 is 5.32 Å². The number of thioether (sulfide) groups is 1. The molecular weight excluding hydrogens is 362 g/mol. The summed E-state index contributed by atoms with van der Waals surface area (Å²) in [5, 5.41) is 12.2. The lowest BCUT2D eigenvalue weighted by Crippen LogP contribution is -2.57. The summed E-state index contributed by atoms with van der Waals surface area (Å²) in [4.78, 5) is 14.6. The van der Waals surface area contributed by atoms with Crippen molar-refractivity contribution in [1.82, 2.24) is 19.7 Å². The van der Waals surface area contributed by atoms with Crippen LogP contribution in [-0.2, 0) is 11.8 Å².